The van der Waals surface area contributed by atoms with Gasteiger partial charge in [-0.2, -0.15) is 0 Å². The van der Waals surface area contributed by atoms with Gasteiger partial charge in [0.25, 0.3) is 0 Å². The van der Waals surface area contributed by atoms with E-state index in [2.05, 4.69) is 5.32 Å². The molecule has 1 aliphatic rings. The van der Waals surface area contributed by atoms with Gasteiger partial charge in [0.1, 0.15) is 11.6 Å². The molecule has 4 heteroatoms. The first-order valence-electron chi connectivity index (χ1n) is 6.42. The van der Waals surface area contributed by atoms with Crippen molar-refractivity contribution in [2.75, 3.05) is 13.2 Å². The number of ketones is 1. The number of rotatable bonds is 5. The molecule has 1 heterocycles. The lowest BCUT2D eigenvalue weighted by molar-refractivity contribution is 0.0947. The Hall–Kier alpha value is -1.42. The molecule has 1 atom stereocenters. The Morgan fingerprint density at radius 3 is 3.06 bits per heavy atom. The Labute approximate surface area is 106 Å². The van der Waals surface area contributed by atoms with E-state index >= 15 is 0 Å². The lowest BCUT2D eigenvalue weighted by atomic mass is 10.0. The summed E-state index contributed by atoms with van der Waals surface area (Å²) < 4.78 is 18.8. The number of benzene rings is 1. The fourth-order valence-electron chi connectivity index (χ4n) is 2.13. The molecule has 0 aromatic heterocycles. The normalized spacial score (nSPS) is 18.9. The van der Waals surface area contributed by atoms with Gasteiger partial charge in [0.15, 0.2) is 5.78 Å². The number of Topliss-reactive ketones (excluding diaryl/α,β-unsaturated/α-hetero) is 1. The molecule has 0 saturated carbocycles. The zero-order valence-electron chi connectivity index (χ0n) is 10.5. The number of ether oxygens (including phenoxy) is 1. The topological polar surface area (TPSA) is 38.3 Å². The predicted octanol–water partition coefficient (Wildman–Crippen LogP) is 2.55. The van der Waals surface area contributed by atoms with Crippen LogP contribution in [-0.2, 0) is 0 Å². The standard InChI is InChI=1S/C14H18FNO2/c1-2-8-18-13-6-5-10(15)9-11(13)14(17)12-4-3-7-16-12/h5-6,9,12,16H,2-4,7-8H2,1H3. The Balaban J connectivity index is 2.22. The van der Waals surface area contributed by atoms with Crippen molar-refractivity contribution in [1.29, 1.82) is 0 Å². The van der Waals surface area contributed by atoms with Crippen molar-refractivity contribution in [3.8, 4) is 5.75 Å². The van der Waals surface area contributed by atoms with E-state index in [1.807, 2.05) is 6.92 Å². The Kier molecular flexibility index (Phi) is 4.31. The maximum absolute atomic E-state index is 13.3. The van der Waals surface area contributed by atoms with Crippen LogP contribution in [0.5, 0.6) is 5.75 Å². The maximum atomic E-state index is 13.3. The number of nitrogens with one attached hydrogen (secondary N) is 1. The van der Waals surface area contributed by atoms with E-state index in [1.54, 1.807) is 0 Å². The highest BCUT2D eigenvalue weighted by Crippen LogP contribution is 2.23. The molecule has 1 aliphatic heterocycles. The summed E-state index contributed by atoms with van der Waals surface area (Å²) in [4.78, 5) is 12.3. The minimum Gasteiger partial charge on any atom is -0.493 e. The van der Waals surface area contributed by atoms with E-state index < -0.39 is 5.82 Å². The highest BCUT2D eigenvalue weighted by molar-refractivity contribution is 6.02. The predicted molar refractivity (Wildman–Crippen MR) is 67.5 cm³/mol. The van der Waals surface area contributed by atoms with Crippen LogP contribution in [0, 0.1) is 5.82 Å². The summed E-state index contributed by atoms with van der Waals surface area (Å²) in [7, 11) is 0. The number of carbonyl (C=O) groups is 1. The van der Waals surface area contributed by atoms with Gasteiger partial charge in [0.05, 0.1) is 18.2 Å². The fraction of sp³-hybridized carbons (Fsp3) is 0.500. The fourth-order valence-corrected chi connectivity index (χ4v) is 2.13. The number of halogens is 1. The maximum Gasteiger partial charge on any atom is 0.183 e. The van der Waals surface area contributed by atoms with Gasteiger partial charge in [-0.3, -0.25) is 4.79 Å². The van der Waals surface area contributed by atoms with Crippen LogP contribution in [0.2, 0.25) is 0 Å². The van der Waals surface area contributed by atoms with Crippen LogP contribution in [0.3, 0.4) is 0 Å². The summed E-state index contributed by atoms with van der Waals surface area (Å²) in [5.74, 6) is 0.00949. The molecule has 1 fully saturated rings. The van der Waals surface area contributed by atoms with Crippen molar-refractivity contribution in [1.82, 2.24) is 5.32 Å². The quantitative estimate of drug-likeness (QED) is 0.817. The summed E-state index contributed by atoms with van der Waals surface area (Å²) >= 11 is 0. The monoisotopic (exact) mass is 251 g/mol. The van der Waals surface area contributed by atoms with Gasteiger partial charge in [-0.15, -0.1) is 0 Å². The van der Waals surface area contributed by atoms with Crippen LogP contribution in [0.15, 0.2) is 18.2 Å². The summed E-state index contributed by atoms with van der Waals surface area (Å²) in [6.45, 7) is 3.37. The van der Waals surface area contributed by atoms with Gasteiger partial charge in [0, 0.05) is 0 Å². The van der Waals surface area contributed by atoms with E-state index in [0.717, 1.165) is 25.8 Å². The molecule has 1 aromatic rings. The second-order valence-corrected chi connectivity index (χ2v) is 4.50. The minimum atomic E-state index is -0.403. The van der Waals surface area contributed by atoms with E-state index in [1.165, 1.54) is 18.2 Å². The van der Waals surface area contributed by atoms with Crippen LogP contribution >= 0.6 is 0 Å². The minimum absolute atomic E-state index is 0.0712. The van der Waals surface area contributed by atoms with Gasteiger partial charge >= 0.3 is 0 Å². The van der Waals surface area contributed by atoms with Crippen LogP contribution in [-0.4, -0.2) is 25.0 Å². The zero-order valence-corrected chi connectivity index (χ0v) is 10.5. The molecular formula is C14H18FNO2. The SMILES string of the molecule is CCCOc1ccc(F)cc1C(=O)C1CCCN1. The van der Waals surface area contributed by atoms with Gasteiger partial charge in [0.2, 0.25) is 0 Å². The second kappa shape index (κ2) is 5.96. The first kappa shape index (κ1) is 13.0. The molecule has 0 spiro atoms. The summed E-state index contributed by atoms with van der Waals surface area (Å²) in [6.07, 6.45) is 2.64. The smallest absolute Gasteiger partial charge is 0.183 e. The highest BCUT2D eigenvalue weighted by atomic mass is 19.1. The summed E-state index contributed by atoms with van der Waals surface area (Å²) in [6, 6.07) is 3.93. The van der Waals surface area contributed by atoms with Gasteiger partial charge < -0.3 is 10.1 Å². The van der Waals surface area contributed by atoms with E-state index in [4.69, 9.17) is 4.74 Å². The Morgan fingerprint density at radius 1 is 1.56 bits per heavy atom. The number of hydrogen-bond acceptors (Lipinski definition) is 3. The van der Waals surface area contributed by atoms with Crippen LogP contribution in [0.25, 0.3) is 0 Å². The van der Waals surface area contributed by atoms with Crippen molar-refractivity contribution in [3.05, 3.63) is 29.6 Å². The third-order valence-corrected chi connectivity index (χ3v) is 3.05. The van der Waals surface area contributed by atoms with Crippen LogP contribution in [0.1, 0.15) is 36.5 Å². The van der Waals surface area contributed by atoms with Crippen LogP contribution < -0.4 is 10.1 Å². The first-order chi connectivity index (χ1) is 8.72. The molecule has 0 amide bonds. The largest absolute Gasteiger partial charge is 0.493 e. The van der Waals surface area contributed by atoms with Crippen molar-refractivity contribution in [2.45, 2.75) is 32.2 Å². The molecular weight excluding hydrogens is 233 g/mol. The van der Waals surface area contributed by atoms with Gasteiger partial charge in [-0.1, -0.05) is 6.92 Å². The summed E-state index contributed by atoms with van der Waals surface area (Å²) in [5, 5.41) is 3.13. The van der Waals surface area contributed by atoms with E-state index in [9.17, 15) is 9.18 Å². The number of carbonyl (C=O) groups excluding carboxylic acids is 1. The van der Waals surface area contributed by atoms with E-state index in [0.29, 0.717) is 17.9 Å². The average Bonchev–Trinajstić information content (AvgIpc) is 2.90. The molecule has 1 aromatic carbocycles. The van der Waals surface area contributed by atoms with Gasteiger partial charge in [-0.25, -0.2) is 4.39 Å². The molecule has 1 saturated heterocycles. The number of hydrogen-bond donors (Lipinski definition) is 1. The van der Waals surface area contributed by atoms with Crippen molar-refractivity contribution < 1.29 is 13.9 Å². The lowest BCUT2D eigenvalue weighted by Gasteiger charge is -2.13. The molecule has 0 radical (unpaired) electrons. The molecule has 1 N–H and O–H groups in total. The molecule has 2 rings (SSSR count). The molecule has 0 aliphatic carbocycles. The highest BCUT2D eigenvalue weighted by Gasteiger charge is 2.26. The second-order valence-electron chi connectivity index (χ2n) is 4.50. The Bertz CT molecular complexity index is 428. The lowest BCUT2D eigenvalue weighted by Crippen LogP contribution is -2.31. The van der Waals surface area contributed by atoms with Crippen LogP contribution in [0.4, 0.5) is 4.39 Å². The van der Waals surface area contributed by atoms with Gasteiger partial charge in [-0.05, 0) is 44.0 Å². The third kappa shape index (κ3) is 2.88. The Morgan fingerprint density at radius 2 is 2.39 bits per heavy atom. The van der Waals surface area contributed by atoms with Crippen molar-refractivity contribution in [2.24, 2.45) is 0 Å². The first-order valence-corrected chi connectivity index (χ1v) is 6.42. The molecule has 18 heavy (non-hydrogen) atoms. The molecule has 3 nitrogen and oxygen atoms in total. The van der Waals surface area contributed by atoms with Crippen molar-refractivity contribution in [3.63, 3.8) is 0 Å². The summed E-state index contributed by atoms with van der Waals surface area (Å²) in [5.41, 5.74) is 0.350. The molecule has 1 unspecified atom stereocenters. The average molecular weight is 251 g/mol. The third-order valence-electron chi connectivity index (χ3n) is 3.05. The zero-order chi connectivity index (χ0) is 13.0. The van der Waals surface area contributed by atoms with E-state index in [-0.39, 0.29) is 11.8 Å². The van der Waals surface area contributed by atoms with Crippen molar-refractivity contribution >= 4 is 5.78 Å². The molecule has 98 valence electrons. The molecule has 0 bridgehead atoms.